The van der Waals surface area contributed by atoms with Crippen LogP contribution in [0.4, 0.5) is 34.1 Å². The largest absolute Gasteiger partial charge is 0.310 e. The van der Waals surface area contributed by atoms with Gasteiger partial charge < -0.3 is 9.80 Å². The van der Waals surface area contributed by atoms with Gasteiger partial charge in [-0.3, -0.25) is 0 Å². The molecular formula is C80H58N2. The number of allylic oxidation sites excluding steroid dienone is 4. The number of anilines is 6. The molecule has 13 aromatic rings. The van der Waals surface area contributed by atoms with Crippen LogP contribution in [-0.4, -0.2) is 0 Å². The van der Waals surface area contributed by atoms with Gasteiger partial charge >= 0.3 is 0 Å². The molecule has 3 aliphatic rings. The maximum atomic E-state index is 2.50. The second-order valence-corrected chi connectivity index (χ2v) is 22.7. The summed E-state index contributed by atoms with van der Waals surface area (Å²) in [5, 5.41) is 7.35. The van der Waals surface area contributed by atoms with Crippen molar-refractivity contribution in [3.05, 3.63) is 352 Å². The fourth-order valence-electron chi connectivity index (χ4n) is 14.9. The van der Waals surface area contributed by atoms with E-state index in [4.69, 9.17) is 0 Å². The number of aryl methyl sites for hydroxylation is 2. The van der Waals surface area contributed by atoms with Crippen LogP contribution in [-0.2, 0) is 10.8 Å². The van der Waals surface area contributed by atoms with E-state index < -0.39 is 10.8 Å². The Bertz CT molecular complexity index is 4660. The molecule has 0 aromatic heterocycles. The fourth-order valence-corrected chi connectivity index (χ4v) is 14.9. The third kappa shape index (κ3) is 7.01. The van der Waals surface area contributed by atoms with E-state index in [2.05, 4.69) is 315 Å². The van der Waals surface area contributed by atoms with Crippen molar-refractivity contribution >= 4 is 72.0 Å². The molecule has 2 heteroatoms. The summed E-state index contributed by atoms with van der Waals surface area (Å²) in [5.41, 5.74) is 24.0. The molecule has 0 amide bonds. The molecule has 16 rings (SSSR count). The highest BCUT2D eigenvalue weighted by atomic mass is 15.1. The quantitative estimate of drug-likeness (QED) is 0.126. The summed E-state index contributed by atoms with van der Waals surface area (Å²) in [6.07, 6.45) is 6.77. The Labute approximate surface area is 480 Å². The van der Waals surface area contributed by atoms with Gasteiger partial charge in [0, 0.05) is 33.5 Å². The van der Waals surface area contributed by atoms with Crippen LogP contribution < -0.4 is 9.80 Å². The molecule has 0 radical (unpaired) electrons. The standard InChI is InChI=1S/C80H58N2/c1-53-35-43-57(44-36-53)79(71-31-13-9-27-65(71)66-28-10-14-32-72(66)79)59-19-17-25-63(51-59)81(61-21-5-3-6-22-61)75-49-41-55-40-48-70-76(50-42-56-39-47-69(75)77(55)78(56)70)82(62-23-7-4-8-24-62)64-26-18-20-60(52-64)80(58-45-37-54(2)38-46-58)73-33-15-11-29-67(73)68-30-12-16-34-74(68)80/h3-15,17-33,35-52H,16,34H2,1-2H3. The van der Waals surface area contributed by atoms with Crippen molar-refractivity contribution in [2.45, 2.75) is 37.5 Å². The van der Waals surface area contributed by atoms with Gasteiger partial charge in [-0.2, -0.15) is 0 Å². The predicted octanol–water partition coefficient (Wildman–Crippen LogP) is 21.0. The van der Waals surface area contributed by atoms with E-state index >= 15 is 0 Å². The summed E-state index contributed by atoms with van der Waals surface area (Å²) in [4.78, 5) is 4.99. The number of hydrogen-bond acceptors (Lipinski definition) is 2. The number of rotatable bonds is 10. The van der Waals surface area contributed by atoms with E-state index in [9.17, 15) is 0 Å². The first-order chi connectivity index (χ1) is 40.5. The average molecular weight is 1050 g/mol. The maximum Gasteiger partial charge on any atom is 0.0714 e. The maximum absolute atomic E-state index is 2.50. The summed E-state index contributed by atoms with van der Waals surface area (Å²) < 4.78 is 0. The van der Waals surface area contributed by atoms with E-state index in [0.717, 1.165) is 47.0 Å². The SMILES string of the molecule is Cc1ccc(C2(c3cccc(N(c4ccccc4)c4ccc5ccc6c(N(c7ccccc7)c7cccc(C8(c9ccc(C)cc9)c9ccccc9-c9ccccc98)c7)ccc7ccc4c5c76)c3)C3=C(C=CCC3)c3ccccc32)cc1. The van der Waals surface area contributed by atoms with E-state index in [-0.39, 0.29) is 0 Å². The summed E-state index contributed by atoms with van der Waals surface area (Å²) in [6.45, 7) is 4.37. The zero-order valence-corrected chi connectivity index (χ0v) is 46.0. The molecular weight excluding hydrogens is 989 g/mol. The molecule has 1 atom stereocenters. The van der Waals surface area contributed by atoms with E-state index in [1.807, 2.05) is 0 Å². The molecule has 82 heavy (non-hydrogen) atoms. The molecule has 0 N–H and O–H groups in total. The van der Waals surface area contributed by atoms with Gasteiger partial charge in [0.2, 0.25) is 0 Å². The molecule has 0 aliphatic heterocycles. The molecule has 0 bridgehead atoms. The van der Waals surface area contributed by atoms with Crippen molar-refractivity contribution in [3.8, 4) is 11.1 Å². The van der Waals surface area contributed by atoms with Crippen molar-refractivity contribution in [2.24, 2.45) is 0 Å². The van der Waals surface area contributed by atoms with Gasteiger partial charge in [-0.25, -0.2) is 0 Å². The molecule has 0 saturated heterocycles. The van der Waals surface area contributed by atoms with Crippen molar-refractivity contribution in [1.82, 2.24) is 0 Å². The van der Waals surface area contributed by atoms with Crippen molar-refractivity contribution < 1.29 is 0 Å². The zero-order valence-electron chi connectivity index (χ0n) is 46.0. The van der Waals surface area contributed by atoms with Crippen LogP contribution in [0.5, 0.6) is 0 Å². The molecule has 1 unspecified atom stereocenters. The van der Waals surface area contributed by atoms with E-state index in [0.29, 0.717) is 0 Å². The summed E-state index contributed by atoms with van der Waals surface area (Å²) in [6, 6.07) is 105. The second-order valence-electron chi connectivity index (χ2n) is 22.7. The molecule has 0 fully saturated rings. The number of nitrogens with zero attached hydrogens (tertiary/aromatic N) is 2. The van der Waals surface area contributed by atoms with E-state index in [1.165, 1.54) is 110 Å². The van der Waals surface area contributed by atoms with Gasteiger partial charge in [0.15, 0.2) is 0 Å². The van der Waals surface area contributed by atoms with Gasteiger partial charge in [-0.15, -0.1) is 0 Å². The Morgan fingerprint density at radius 2 is 0.744 bits per heavy atom. The normalized spacial score (nSPS) is 15.6. The highest BCUT2D eigenvalue weighted by Gasteiger charge is 2.48. The first kappa shape index (κ1) is 47.9. The molecule has 0 saturated carbocycles. The molecule has 0 heterocycles. The first-order valence-corrected chi connectivity index (χ1v) is 29.0. The molecule has 3 aliphatic carbocycles. The highest BCUT2D eigenvalue weighted by Crippen LogP contribution is 2.60. The Hall–Kier alpha value is -10.0. The van der Waals surface area contributed by atoms with Gasteiger partial charge in [0.05, 0.1) is 22.2 Å². The number of para-hydroxylation sites is 2. The summed E-state index contributed by atoms with van der Waals surface area (Å²) in [7, 11) is 0. The molecule has 0 spiro atoms. The van der Waals surface area contributed by atoms with Crippen LogP contribution in [0.15, 0.2) is 297 Å². The third-order valence-corrected chi connectivity index (χ3v) is 18.4. The van der Waals surface area contributed by atoms with Crippen LogP contribution in [0, 0.1) is 13.8 Å². The topological polar surface area (TPSA) is 6.48 Å². The minimum atomic E-state index is -0.543. The summed E-state index contributed by atoms with van der Waals surface area (Å²) in [5.74, 6) is 0. The van der Waals surface area contributed by atoms with Crippen LogP contribution in [0.25, 0.3) is 49.0 Å². The number of hydrogen-bond donors (Lipinski definition) is 0. The Morgan fingerprint density at radius 3 is 1.26 bits per heavy atom. The lowest BCUT2D eigenvalue weighted by molar-refractivity contribution is 0.696. The Balaban J connectivity index is 0.895. The van der Waals surface area contributed by atoms with Crippen LogP contribution in [0.1, 0.15) is 68.5 Å². The minimum Gasteiger partial charge on any atom is -0.310 e. The number of benzene rings is 13. The van der Waals surface area contributed by atoms with Gasteiger partial charge in [0.25, 0.3) is 0 Å². The minimum absolute atomic E-state index is 0.459. The lowest BCUT2D eigenvalue weighted by atomic mass is 9.65. The van der Waals surface area contributed by atoms with Gasteiger partial charge in [-0.05, 0) is 176 Å². The second kappa shape index (κ2) is 18.8. The van der Waals surface area contributed by atoms with Gasteiger partial charge in [-0.1, -0.05) is 242 Å². The van der Waals surface area contributed by atoms with Crippen LogP contribution in [0.3, 0.4) is 0 Å². The first-order valence-electron chi connectivity index (χ1n) is 29.0. The molecule has 388 valence electrons. The lowest BCUT2D eigenvalue weighted by Crippen LogP contribution is -2.30. The van der Waals surface area contributed by atoms with Crippen molar-refractivity contribution in [3.63, 3.8) is 0 Å². The molecule has 13 aromatic carbocycles. The smallest absolute Gasteiger partial charge is 0.0714 e. The Morgan fingerprint density at radius 1 is 0.329 bits per heavy atom. The Kier molecular flexibility index (Phi) is 11.0. The fraction of sp³-hybridized carbons (Fsp3) is 0.0750. The van der Waals surface area contributed by atoms with Crippen molar-refractivity contribution in [2.75, 3.05) is 9.80 Å². The zero-order chi connectivity index (χ0) is 54.5. The summed E-state index contributed by atoms with van der Waals surface area (Å²) >= 11 is 0. The highest BCUT2D eigenvalue weighted by molar-refractivity contribution is 6.28. The van der Waals surface area contributed by atoms with Crippen molar-refractivity contribution in [1.29, 1.82) is 0 Å². The lowest BCUT2D eigenvalue weighted by Gasteiger charge is -2.37. The van der Waals surface area contributed by atoms with Crippen LogP contribution in [0.2, 0.25) is 0 Å². The third-order valence-electron chi connectivity index (χ3n) is 18.4. The van der Waals surface area contributed by atoms with E-state index in [1.54, 1.807) is 0 Å². The average Bonchev–Trinajstić information content (AvgIpc) is 1.97. The monoisotopic (exact) mass is 1050 g/mol. The molecule has 2 nitrogen and oxygen atoms in total. The number of fused-ring (bicyclic) bond motifs is 5. The predicted molar refractivity (Wildman–Crippen MR) is 344 cm³/mol. The van der Waals surface area contributed by atoms with Crippen LogP contribution >= 0.6 is 0 Å². The van der Waals surface area contributed by atoms with Gasteiger partial charge in [0.1, 0.15) is 0 Å².